The number of halogens is 1. The smallest absolute Gasteiger partial charge is 0.149 e. The molecule has 2 aromatic rings. The molecule has 0 aliphatic heterocycles. The summed E-state index contributed by atoms with van der Waals surface area (Å²) in [6.07, 6.45) is 4.04. The Balaban J connectivity index is 1.57. The van der Waals surface area contributed by atoms with Crippen LogP contribution in [0.3, 0.4) is 0 Å². The second-order valence-electron chi connectivity index (χ2n) is 9.36. The maximum atomic E-state index is 14.0. The number of hydrogen-bond acceptors (Lipinski definition) is 4. The fourth-order valence-corrected chi connectivity index (χ4v) is 6.46. The van der Waals surface area contributed by atoms with Gasteiger partial charge in [0.25, 0.3) is 0 Å². The van der Waals surface area contributed by atoms with Crippen molar-refractivity contribution in [2.75, 3.05) is 5.73 Å². The highest BCUT2D eigenvalue weighted by Crippen LogP contribution is 2.61. The van der Waals surface area contributed by atoms with Gasteiger partial charge in [-0.15, -0.1) is 0 Å². The van der Waals surface area contributed by atoms with Crippen molar-refractivity contribution in [1.82, 2.24) is 0 Å². The Labute approximate surface area is 170 Å². The summed E-state index contributed by atoms with van der Waals surface area (Å²) in [5, 5.41) is 20.8. The Morgan fingerprint density at radius 2 is 1.97 bits per heavy atom. The number of nitrogens with two attached hydrogens (primary N) is 1. The van der Waals surface area contributed by atoms with Gasteiger partial charge in [0.1, 0.15) is 23.4 Å². The van der Waals surface area contributed by atoms with Crippen LogP contribution in [0.4, 0.5) is 10.1 Å². The summed E-state index contributed by atoms with van der Waals surface area (Å²) in [6.45, 7) is 2.19. The molecule has 0 heterocycles. The molecule has 2 aromatic carbocycles. The van der Waals surface area contributed by atoms with Crippen molar-refractivity contribution in [3.63, 3.8) is 0 Å². The number of aryl methyl sites for hydroxylation is 1. The van der Waals surface area contributed by atoms with Gasteiger partial charge in [0.15, 0.2) is 0 Å². The minimum atomic E-state index is -0.478. The highest BCUT2D eigenvalue weighted by Gasteiger charge is 2.58. The normalized spacial score (nSPS) is 35.5. The number of benzene rings is 2. The quantitative estimate of drug-likeness (QED) is 0.657. The summed E-state index contributed by atoms with van der Waals surface area (Å²) in [6, 6.07) is 10.2. The number of aromatic hydroxyl groups is 1. The summed E-state index contributed by atoms with van der Waals surface area (Å²) >= 11 is 0. The van der Waals surface area contributed by atoms with Gasteiger partial charge in [-0.1, -0.05) is 13.0 Å². The van der Waals surface area contributed by atoms with Crippen LogP contribution in [-0.2, 0) is 6.42 Å². The highest BCUT2D eigenvalue weighted by molar-refractivity contribution is 5.44. The van der Waals surface area contributed by atoms with E-state index in [0.717, 1.165) is 32.1 Å². The molecule has 4 N–H and O–H groups in total. The van der Waals surface area contributed by atoms with E-state index in [0.29, 0.717) is 17.6 Å². The van der Waals surface area contributed by atoms with Gasteiger partial charge in [0, 0.05) is 17.4 Å². The second-order valence-corrected chi connectivity index (χ2v) is 9.36. The first kappa shape index (κ1) is 18.7. The van der Waals surface area contributed by atoms with E-state index < -0.39 is 5.82 Å². The van der Waals surface area contributed by atoms with Gasteiger partial charge >= 0.3 is 0 Å². The minimum absolute atomic E-state index is 0.107. The van der Waals surface area contributed by atoms with Crippen LogP contribution < -0.4 is 10.5 Å². The van der Waals surface area contributed by atoms with Crippen LogP contribution >= 0.6 is 0 Å². The highest BCUT2D eigenvalue weighted by atomic mass is 19.1. The van der Waals surface area contributed by atoms with Crippen molar-refractivity contribution in [3.05, 3.63) is 53.3 Å². The number of phenolic OH excluding ortho intramolecular Hbond substituents is 1. The van der Waals surface area contributed by atoms with Gasteiger partial charge in [0.05, 0.1) is 11.8 Å². The third-order valence-electron chi connectivity index (χ3n) is 7.87. The lowest BCUT2D eigenvalue weighted by molar-refractivity contribution is -0.0717. The zero-order valence-electron chi connectivity index (χ0n) is 16.6. The molecule has 2 fully saturated rings. The van der Waals surface area contributed by atoms with E-state index in [2.05, 4.69) is 6.92 Å². The van der Waals surface area contributed by atoms with Gasteiger partial charge < -0.3 is 20.7 Å². The molecule has 0 saturated heterocycles. The summed E-state index contributed by atoms with van der Waals surface area (Å²) in [7, 11) is 0. The lowest BCUT2D eigenvalue weighted by Crippen LogP contribution is -2.51. The molecule has 3 aliphatic rings. The topological polar surface area (TPSA) is 75.7 Å². The zero-order chi connectivity index (χ0) is 20.3. The van der Waals surface area contributed by atoms with Crippen molar-refractivity contribution in [2.45, 2.75) is 57.2 Å². The second kappa shape index (κ2) is 6.63. The molecule has 0 spiro atoms. The van der Waals surface area contributed by atoms with E-state index in [1.54, 1.807) is 12.1 Å². The van der Waals surface area contributed by atoms with Gasteiger partial charge in [0.2, 0.25) is 0 Å². The molecule has 0 bridgehead atoms. The third kappa shape index (κ3) is 2.90. The fraction of sp³-hybridized carbons (Fsp3) is 0.500. The van der Waals surface area contributed by atoms with Crippen molar-refractivity contribution in [2.24, 2.45) is 17.3 Å². The Bertz CT molecular complexity index is 948. The van der Waals surface area contributed by atoms with E-state index in [1.165, 1.54) is 23.3 Å². The predicted molar refractivity (Wildman–Crippen MR) is 109 cm³/mol. The number of rotatable bonds is 2. The molecule has 0 amide bonds. The maximum absolute atomic E-state index is 14.0. The van der Waals surface area contributed by atoms with E-state index in [4.69, 9.17) is 10.5 Å². The Morgan fingerprint density at radius 1 is 1.14 bits per heavy atom. The summed E-state index contributed by atoms with van der Waals surface area (Å²) in [5.74, 6) is 1.31. The molecule has 0 aromatic heterocycles. The van der Waals surface area contributed by atoms with Gasteiger partial charge in [-0.3, -0.25) is 0 Å². The van der Waals surface area contributed by atoms with Crippen molar-refractivity contribution in [1.29, 1.82) is 0 Å². The van der Waals surface area contributed by atoms with E-state index >= 15 is 0 Å². The average Bonchev–Trinajstić information content (AvgIpc) is 2.98. The van der Waals surface area contributed by atoms with Crippen molar-refractivity contribution < 1.29 is 19.3 Å². The molecule has 29 heavy (non-hydrogen) atoms. The third-order valence-corrected chi connectivity index (χ3v) is 7.87. The molecular formula is C24H28FNO3. The zero-order valence-corrected chi connectivity index (χ0v) is 16.6. The Hall–Kier alpha value is -2.27. The van der Waals surface area contributed by atoms with Crippen LogP contribution in [0.25, 0.3) is 0 Å². The number of anilines is 1. The number of aliphatic hydroxyl groups excluding tert-OH is 1. The van der Waals surface area contributed by atoms with E-state index in [9.17, 15) is 14.6 Å². The molecule has 6 atom stereocenters. The first-order valence-corrected chi connectivity index (χ1v) is 10.6. The molecule has 5 rings (SSSR count). The number of hydrogen-bond donors (Lipinski definition) is 3. The van der Waals surface area contributed by atoms with Gasteiger partial charge in [-0.05, 0) is 79.3 Å². The summed E-state index contributed by atoms with van der Waals surface area (Å²) in [4.78, 5) is 0. The first-order chi connectivity index (χ1) is 13.9. The van der Waals surface area contributed by atoms with Gasteiger partial charge in [-0.25, -0.2) is 4.39 Å². The van der Waals surface area contributed by atoms with Crippen LogP contribution in [0.15, 0.2) is 36.4 Å². The molecule has 3 aliphatic carbocycles. The fourth-order valence-electron chi connectivity index (χ4n) is 6.46. The number of phenols is 1. The number of nitrogen functional groups attached to an aromatic ring is 1. The molecule has 5 heteroatoms. The molecule has 4 nitrogen and oxygen atoms in total. The largest absolute Gasteiger partial charge is 0.508 e. The van der Waals surface area contributed by atoms with E-state index in [-0.39, 0.29) is 35.0 Å². The first-order valence-electron chi connectivity index (χ1n) is 10.6. The van der Waals surface area contributed by atoms with Crippen LogP contribution in [-0.4, -0.2) is 22.4 Å². The monoisotopic (exact) mass is 397 g/mol. The lowest BCUT2D eigenvalue weighted by atomic mass is 9.54. The van der Waals surface area contributed by atoms with Crippen LogP contribution in [0.2, 0.25) is 0 Å². The summed E-state index contributed by atoms with van der Waals surface area (Å²) < 4.78 is 20.4. The Kier molecular flexibility index (Phi) is 4.28. The maximum Gasteiger partial charge on any atom is 0.149 e. The number of ether oxygens (including phenoxy) is 1. The molecule has 0 unspecified atom stereocenters. The van der Waals surface area contributed by atoms with Crippen LogP contribution in [0.1, 0.15) is 49.7 Å². The van der Waals surface area contributed by atoms with Crippen LogP contribution in [0.5, 0.6) is 11.5 Å². The molecular weight excluding hydrogens is 369 g/mol. The standard InChI is InChI=1S/C24H28FNO3/c1-24-12-21(29-15-4-8-20(26)19(25)11-15)23-16-6-3-14(27)10-13(16)2-5-17(23)18(24)7-9-22(24)28/h3-4,6,8,10-11,17-18,21-23,27-28H,2,5,7,9,12,26H2,1H3/t17-,18-,21-,22-,23+,24-/m0/s1. The molecule has 2 saturated carbocycles. The minimum Gasteiger partial charge on any atom is -0.508 e. The number of fused-ring (bicyclic) bond motifs is 5. The predicted octanol–water partition coefficient (Wildman–Crippen LogP) is 4.39. The van der Waals surface area contributed by atoms with E-state index in [1.807, 2.05) is 12.1 Å². The van der Waals surface area contributed by atoms with Crippen LogP contribution in [0, 0.1) is 23.1 Å². The summed E-state index contributed by atoms with van der Waals surface area (Å²) in [5.41, 5.74) is 7.94. The van der Waals surface area contributed by atoms with Gasteiger partial charge in [-0.2, -0.15) is 0 Å². The number of aliphatic hydroxyl groups is 1. The average molecular weight is 397 g/mol. The molecule has 0 radical (unpaired) electrons. The Morgan fingerprint density at radius 3 is 2.76 bits per heavy atom. The van der Waals surface area contributed by atoms with Crippen molar-refractivity contribution >= 4 is 5.69 Å². The molecule has 154 valence electrons. The lowest BCUT2D eigenvalue weighted by Gasteiger charge is -2.53. The SMILES string of the molecule is C[C@]12C[C@H](Oc3ccc(N)c(F)c3)[C@@H]3c4ccc(O)cc4CC[C@H]3[C@@H]1CC[C@@H]2O. The van der Waals surface area contributed by atoms with Crippen molar-refractivity contribution in [3.8, 4) is 11.5 Å².